The van der Waals surface area contributed by atoms with Gasteiger partial charge in [0.05, 0.1) is 0 Å². The van der Waals surface area contributed by atoms with E-state index in [1.807, 2.05) is 22.7 Å². The molecule has 0 aliphatic rings. The van der Waals surface area contributed by atoms with Gasteiger partial charge in [-0.1, -0.05) is 148 Å². The van der Waals surface area contributed by atoms with Gasteiger partial charge in [-0.25, -0.2) is 0 Å². The van der Waals surface area contributed by atoms with Gasteiger partial charge in [0.25, 0.3) is 0 Å². The second-order valence-corrected chi connectivity index (χ2v) is 24.2. The number of fused-ring (bicyclic) bond motifs is 11. The second kappa shape index (κ2) is 17.3. The highest BCUT2D eigenvalue weighted by Gasteiger charge is 2.27. The van der Waals surface area contributed by atoms with Gasteiger partial charge in [0.2, 0.25) is 0 Å². The van der Waals surface area contributed by atoms with Crippen LogP contribution in [0.25, 0.3) is 60.5 Å². The van der Waals surface area contributed by atoms with Crippen LogP contribution < -0.4 is 30.5 Å². The molecule has 0 nitrogen and oxygen atoms in total. The lowest BCUT2D eigenvalue weighted by Gasteiger charge is -2.17. The quantitative estimate of drug-likeness (QED) is 0.0948. The molecule has 8 heteroatoms. The molecule has 11 aromatic rings. The molecule has 0 atom stereocenters. The van der Waals surface area contributed by atoms with E-state index in [1.54, 1.807) is 11.1 Å². The minimum absolute atomic E-state index is 0. The van der Waals surface area contributed by atoms with Crippen molar-refractivity contribution < 1.29 is 0 Å². The van der Waals surface area contributed by atoms with Crippen LogP contribution in [0.15, 0.2) is 158 Å². The van der Waals surface area contributed by atoms with E-state index in [-0.39, 0.29) is 16.8 Å². The Bertz CT molecular complexity index is 2960. The van der Waals surface area contributed by atoms with Gasteiger partial charge in [-0.15, -0.1) is 45.3 Å². The molecule has 0 unspecified atom stereocenters. The molecule has 6 radical (unpaired) electrons. The average molecular weight is 877 g/mol. The SMILES string of the molecule is CCCc1c(CCC)c2sc3ccc4sc(P(c5ccccc5)c5ccccc5)cc4c3c2c2c1sc1ccc3sc(P(c4ccccc4)c4ccccc4)cc3c12.[B].[B]. The Hall–Kier alpha value is -4.11. The minimum atomic E-state index is -0.691. The van der Waals surface area contributed by atoms with Gasteiger partial charge >= 0.3 is 0 Å². The molecule has 0 amide bonds. The number of thiophene rings is 4. The summed E-state index contributed by atoms with van der Waals surface area (Å²) in [5, 5.41) is 14.4. The molecule has 0 saturated heterocycles. The van der Waals surface area contributed by atoms with Crippen molar-refractivity contribution in [2.45, 2.75) is 39.5 Å². The van der Waals surface area contributed by atoms with E-state index in [1.165, 1.54) is 91.0 Å². The third kappa shape index (κ3) is 6.89. The maximum Gasteiger partial charge on any atom is 0.0397 e. The predicted molar refractivity (Wildman–Crippen MR) is 280 cm³/mol. The lowest BCUT2D eigenvalue weighted by molar-refractivity contribution is 0.877. The van der Waals surface area contributed by atoms with Crippen molar-refractivity contribution in [2.24, 2.45) is 0 Å². The van der Waals surface area contributed by atoms with Gasteiger partial charge in [0.1, 0.15) is 0 Å². The molecule has 4 aromatic heterocycles. The summed E-state index contributed by atoms with van der Waals surface area (Å²) < 4.78 is 11.6. The summed E-state index contributed by atoms with van der Waals surface area (Å²) in [5.74, 6) is 0. The molecule has 0 aliphatic heterocycles. The van der Waals surface area contributed by atoms with Crippen LogP contribution in [0.4, 0.5) is 0 Å². The number of aryl methyl sites for hydroxylation is 2. The summed E-state index contributed by atoms with van der Waals surface area (Å²) in [4.78, 5) is 0. The van der Waals surface area contributed by atoms with Crippen LogP contribution in [-0.4, -0.2) is 16.8 Å². The summed E-state index contributed by atoms with van der Waals surface area (Å²) in [5.41, 5.74) is 3.19. The van der Waals surface area contributed by atoms with E-state index in [9.17, 15) is 0 Å². The topological polar surface area (TPSA) is 0 Å². The largest absolute Gasteiger partial charge is 0.135 e. The van der Waals surface area contributed by atoms with E-state index in [0.717, 1.165) is 25.7 Å². The van der Waals surface area contributed by atoms with Crippen LogP contribution >= 0.6 is 61.2 Å². The van der Waals surface area contributed by atoms with Gasteiger partial charge in [-0.3, -0.25) is 0 Å². The standard InChI is InChI=1S/C52H40P2S4.2B/c1-3-17-37-38(18-4-2)52-50(48-40-32-46(56-42(40)28-30-44(48)58-52)54(35-23-13-7-14-24-35)36-25-15-8-16-26-36)49-47-39-31-45(55-41(39)27-29-43(47)57-51(37)49)53(33-19-9-5-10-20-33)34-21-11-6-12-22-34;;/h5-16,19-32H,3-4,17-18H2,1-2H3;;. The molecule has 0 aliphatic carbocycles. The Labute approximate surface area is 374 Å². The summed E-state index contributed by atoms with van der Waals surface area (Å²) in [6.45, 7) is 4.72. The molecule has 0 spiro atoms. The highest BCUT2D eigenvalue weighted by atomic mass is 32.1. The number of hydrogen-bond donors (Lipinski definition) is 0. The number of benzene rings is 7. The average Bonchev–Trinajstić information content (AvgIpc) is 4.06. The minimum Gasteiger partial charge on any atom is -0.135 e. The number of hydrogen-bond acceptors (Lipinski definition) is 4. The molecular weight excluding hydrogens is 836 g/mol. The van der Waals surface area contributed by atoms with Crippen LogP contribution in [0, 0.1) is 0 Å². The third-order valence-corrected chi connectivity index (χ3v) is 21.6. The highest BCUT2D eigenvalue weighted by Crippen LogP contribution is 2.53. The maximum atomic E-state index is 2.59. The van der Waals surface area contributed by atoms with Crippen LogP contribution in [0.3, 0.4) is 0 Å². The summed E-state index contributed by atoms with van der Waals surface area (Å²) in [6, 6.07) is 59.7. The van der Waals surface area contributed by atoms with Crippen molar-refractivity contribution in [3.8, 4) is 0 Å². The Morgan fingerprint density at radius 3 is 1.00 bits per heavy atom. The molecular formula is C52H40B2P2S4. The van der Waals surface area contributed by atoms with E-state index < -0.39 is 15.8 Å². The summed E-state index contributed by atoms with van der Waals surface area (Å²) >= 11 is 8.11. The fraction of sp³-hybridized carbons (Fsp3) is 0.115. The first kappa shape index (κ1) is 41.3. The summed E-state index contributed by atoms with van der Waals surface area (Å²) in [7, 11) is -1.38. The molecule has 4 heterocycles. The van der Waals surface area contributed by atoms with Crippen LogP contribution in [0.5, 0.6) is 0 Å². The van der Waals surface area contributed by atoms with Gasteiger partial charge in [-0.05, 0) is 97.4 Å². The smallest absolute Gasteiger partial charge is 0.0397 e. The van der Waals surface area contributed by atoms with E-state index in [4.69, 9.17) is 0 Å². The first-order chi connectivity index (χ1) is 28.7. The monoisotopic (exact) mass is 876 g/mol. The number of rotatable bonds is 10. The molecule has 60 heavy (non-hydrogen) atoms. The van der Waals surface area contributed by atoms with Crippen molar-refractivity contribution in [3.63, 3.8) is 0 Å². The Morgan fingerprint density at radius 1 is 0.367 bits per heavy atom. The lowest BCUT2D eigenvalue weighted by Crippen LogP contribution is -2.18. The second-order valence-electron chi connectivity index (χ2n) is 15.0. The first-order valence-electron chi connectivity index (χ1n) is 20.2. The Morgan fingerprint density at radius 2 is 0.683 bits per heavy atom. The zero-order valence-electron chi connectivity index (χ0n) is 33.5. The lowest BCUT2D eigenvalue weighted by atomic mass is 9.92. The fourth-order valence-electron chi connectivity index (χ4n) is 8.93. The fourth-order valence-corrected chi connectivity index (χ4v) is 19.8. The third-order valence-electron chi connectivity index (χ3n) is 11.3. The van der Waals surface area contributed by atoms with E-state index in [2.05, 4.69) is 194 Å². The van der Waals surface area contributed by atoms with Crippen LogP contribution in [0.1, 0.15) is 37.8 Å². The van der Waals surface area contributed by atoms with Crippen molar-refractivity contribution in [2.75, 3.05) is 0 Å². The van der Waals surface area contributed by atoms with Crippen molar-refractivity contribution in [3.05, 3.63) is 169 Å². The summed E-state index contributed by atoms with van der Waals surface area (Å²) in [6.07, 6.45) is 4.52. The highest BCUT2D eigenvalue weighted by molar-refractivity contribution is 7.85. The van der Waals surface area contributed by atoms with Crippen LogP contribution in [0.2, 0.25) is 0 Å². The van der Waals surface area contributed by atoms with E-state index >= 15 is 0 Å². The van der Waals surface area contributed by atoms with Crippen molar-refractivity contribution >= 4 is 169 Å². The molecule has 0 saturated carbocycles. The molecule has 0 bridgehead atoms. The molecule has 288 valence electrons. The zero-order chi connectivity index (χ0) is 38.7. The zero-order valence-corrected chi connectivity index (χ0v) is 38.6. The molecule has 7 aromatic carbocycles. The maximum absolute atomic E-state index is 2.59. The van der Waals surface area contributed by atoms with Gasteiger partial charge in [0, 0.05) is 86.6 Å². The van der Waals surface area contributed by atoms with Crippen molar-refractivity contribution in [1.82, 2.24) is 0 Å². The van der Waals surface area contributed by atoms with Gasteiger partial charge in [0.15, 0.2) is 0 Å². The molecule has 0 fully saturated rings. The predicted octanol–water partition coefficient (Wildman–Crippen LogP) is 13.5. The Balaban J connectivity index is 0.00000231. The molecule has 0 N–H and O–H groups in total. The molecule has 11 rings (SSSR count). The van der Waals surface area contributed by atoms with Gasteiger partial charge in [-0.2, -0.15) is 0 Å². The van der Waals surface area contributed by atoms with E-state index in [0.29, 0.717) is 0 Å². The Kier molecular flexibility index (Phi) is 11.9. The first-order valence-corrected chi connectivity index (χ1v) is 26.2. The normalized spacial score (nSPS) is 11.8. The van der Waals surface area contributed by atoms with Gasteiger partial charge < -0.3 is 0 Å². The van der Waals surface area contributed by atoms with Crippen LogP contribution in [-0.2, 0) is 12.8 Å². The van der Waals surface area contributed by atoms with Crippen molar-refractivity contribution in [1.29, 1.82) is 0 Å².